The number of hydrogen-bond acceptors (Lipinski definition) is 4. The van der Waals surface area contributed by atoms with Crippen LogP contribution in [-0.4, -0.2) is 33.7 Å². The molecule has 0 aliphatic rings. The zero-order valence-corrected chi connectivity index (χ0v) is 13.5. The molecule has 1 aromatic carbocycles. The number of amides is 1. The van der Waals surface area contributed by atoms with Gasteiger partial charge in [0, 0.05) is 12.2 Å². The van der Waals surface area contributed by atoms with Crippen LogP contribution in [0.3, 0.4) is 0 Å². The molecule has 0 saturated heterocycles. The van der Waals surface area contributed by atoms with Crippen molar-refractivity contribution in [3.8, 4) is 0 Å². The van der Waals surface area contributed by atoms with Crippen LogP contribution in [0, 0.1) is 5.92 Å². The molecule has 1 aromatic rings. The van der Waals surface area contributed by atoms with Gasteiger partial charge in [0.25, 0.3) is 0 Å². The van der Waals surface area contributed by atoms with Gasteiger partial charge in [-0.2, -0.15) is 0 Å². The number of carbonyl (C=O) groups excluding carboxylic acids is 1. The maximum Gasteiger partial charge on any atom is 0.234 e. The Balaban J connectivity index is 2.37. The van der Waals surface area contributed by atoms with Crippen LogP contribution in [0.5, 0.6) is 0 Å². The van der Waals surface area contributed by atoms with Gasteiger partial charge in [0.05, 0.1) is 12.8 Å². The Morgan fingerprint density at radius 2 is 1.81 bits per heavy atom. The molecular formula is C14H23N3O3S. The molecule has 7 heteroatoms. The molecule has 0 bridgehead atoms. The topological polar surface area (TPSA) is 87.3 Å². The fraction of sp³-hybridized carbons (Fsp3) is 0.500. The number of nitrogens with one attached hydrogen (secondary N) is 3. The van der Waals surface area contributed by atoms with E-state index in [9.17, 15) is 13.2 Å². The van der Waals surface area contributed by atoms with Crippen molar-refractivity contribution in [2.45, 2.75) is 20.4 Å². The van der Waals surface area contributed by atoms with Crippen LogP contribution in [0.4, 0.5) is 5.69 Å². The minimum absolute atomic E-state index is 0.0611. The molecule has 0 fully saturated rings. The molecular weight excluding hydrogens is 290 g/mol. The van der Waals surface area contributed by atoms with Crippen molar-refractivity contribution in [2.24, 2.45) is 5.92 Å². The fourth-order valence-corrected chi connectivity index (χ4v) is 2.21. The second kappa shape index (κ2) is 7.99. The van der Waals surface area contributed by atoms with Crippen molar-refractivity contribution in [1.82, 2.24) is 10.6 Å². The van der Waals surface area contributed by atoms with E-state index in [2.05, 4.69) is 29.2 Å². The number of hydrogen-bond donors (Lipinski definition) is 3. The summed E-state index contributed by atoms with van der Waals surface area (Å²) in [6.07, 6.45) is 1.10. The van der Waals surface area contributed by atoms with Crippen LogP contribution in [0.1, 0.15) is 19.4 Å². The largest absolute Gasteiger partial charge is 0.351 e. The summed E-state index contributed by atoms with van der Waals surface area (Å²) < 4.78 is 24.5. The molecule has 0 saturated carbocycles. The van der Waals surface area contributed by atoms with E-state index in [0.29, 0.717) is 24.7 Å². The molecule has 3 N–H and O–H groups in total. The lowest BCUT2D eigenvalue weighted by atomic mass is 10.2. The summed E-state index contributed by atoms with van der Waals surface area (Å²) in [7, 11) is -3.26. The van der Waals surface area contributed by atoms with Crippen LogP contribution < -0.4 is 15.4 Å². The first-order valence-corrected chi connectivity index (χ1v) is 8.69. The van der Waals surface area contributed by atoms with Crippen LogP contribution in [0.25, 0.3) is 0 Å². The van der Waals surface area contributed by atoms with Crippen molar-refractivity contribution in [1.29, 1.82) is 0 Å². The Morgan fingerprint density at radius 3 is 2.33 bits per heavy atom. The number of rotatable bonds is 8. The standard InChI is InChI=1S/C14H23N3O3S/c1-11(2)8-15-10-14(18)16-9-12-4-6-13(7-5-12)17-21(3,19)20/h4-7,11,15,17H,8-10H2,1-3H3,(H,16,18). The van der Waals surface area contributed by atoms with Crippen LogP contribution in [0.2, 0.25) is 0 Å². The second-order valence-electron chi connectivity index (χ2n) is 5.37. The molecule has 1 rings (SSSR count). The van der Waals surface area contributed by atoms with Crippen molar-refractivity contribution in [3.63, 3.8) is 0 Å². The lowest BCUT2D eigenvalue weighted by Gasteiger charge is -2.09. The van der Waals surface area contributed by atoms with E-state index >= 15 is 0 Å². The SMILES string of the molecule is CC(C)CNCC(=O)NCc1ccc(NS(C)(=O)=O)cc1. The van der Waals surface area contributed by atoms with Gasteiger partial charge >= 0.3 is 0 Å². The summed E-state index contributed by atoms with van der Waals surface area (Å²) in [5, 5.41) is 5.87. The van der Waals surface area contributed by atoms with Crippen molar-refractivity contribution in [3.05, 3.63) is 29.8 Å². The molecule has 0 spiro atoms. The van der Waals surface area contributed by atoms with Gasteiger partial charge < -0.3 is 10.6 Å². The Morgan fingerprint density at radius 1 is 1.19 bits per heavy atom. The quantitative estimate of drug-likeness (QED) is 0.666. The van der Waals surface area contributed by atoms with Gasteiger partial charge in [0.15, 0.2) is 0 Å². The second-order valence-corrected chi connectivity index (χ2v) is 7.12. The van der Waals surface area contributed by atoms with E-state index in [1.165, 1.54) is 0 Å². The molecule has 0 heterocycles. The van der Waals surface area contributed by atoms with E-state index in [1.54, 1.807) is 24.3 Å². The molecule has 0 aromatic heterocycles. The van der Waals surface area contributed by atoms with E-state index in [1.807, 2.05) is 0 Å². The Labute approximate surface area is 126 Å². The molecule has 0 aliphatic carbocycles. The summed E-state index contributed by atoms with van der Waals surface area (Å²) in [4.78, 5) is 11.6. The lowest BCUT2D eigenvalue weighted by Crippen LogP contribution is -2.34. The number of benzene rings is 1. The van der Waals surface area contributed by atoms with Gasteiger partial charge in [0.2, 0.25) is 15.9 Å². The van der Waals surface area contributed by atoms with Gasteiger partial charge in [-0.25, -0.2) is 8.42 Å². The summed E-state index contributed by atoms with van der Waals surface area (Å²) >= 11 is 0. The summed E-state index contributed by atoms with van der Waals surface area (Å²) in [6.45, 7) is 5.68. The van der Waals surface area contributed by atoms with Gasteiger partial charge in [-0.3, -0.25) is 9.52 Å². The van der Waals surface area contributed by atoms with Gasteiger partial charge in [0.1, 0.15) is 0 Å². The summed E-state index contributed by atoms with van der Waals surface area (Å²) in [6, 6.07) is 6.88. The average Bonchev–Trinajstić information content (AvgIpc) is 2.35. The molecule has 1 amide bonds. The molecule has 0 aliphatic heterocycles. The zero-order valence-electron chi connectivity index (χ0n) is 12.6. The first kappa shape index (κ1) is 17.5. The molecule has 21 heavy (non-hydrogen) atoms. The zero-order chi connectivity index (χ0) is 15.9. The van der Waals surface area contributed by atoms with Crippen LogP contribution >= 0.6 is 0 Å². The highest BCUT2D eigenvalue weighted by Gasteiger charge is 2.03. The Hall–Kier alpha value is -1.60. The smallest absolute Gasteiger partial charge is 0.234 e. The van der Waals surface area contributed by atoms with E-state index < -0.39 is 10.0 Å². The summed E-state index contributed by atoms with van der Waals surface area (Å²) in [5.41, 5.74) is 1.41. The maximum atomic E-state index is 11.6. The predicted octanol–water partition coefficient (Wildman–Crippen LogP) is 0.920. The fourth-order valence-electron chi connectivity index (χ4n) is 1.64. The van der Waals surface area contributed by atoms with E-state index in [-0.39, 0.29) is 5.91 Å². The number of carbonyl (C=O) groups is 1. The lowest BCUT2D eigenvalue weighted by molar-refractivity contribution is -0.120. The molecule has 0 atom stereocenters. The Bertz CT molecular complexity index is 553. The molecule has 0 radical (unpaired) electrons. The normalized spacial score (nSPS) is 11.4. The van der Waals surface area contributed by atoms with Gasteiger partial charge in [-0.05, 0) is 30.2 Å². The van der Waals surface area contributed by atoms with Crippen molar-refractivity contribution >= 4 is 21.6 Å². The predicted molar refractivity (Wildman–Crippen MR) is 84.5 cm³/mol. The highest BCUT2D eigenvalue weighted by molar-refractivity contribution is 7.92. The van der Waals surface area contributed by atoms with E-state index in [0.717, 1.165) is 18.4 Å². The third kappa shape index (κ3) is 8.31. The highest BCUT2D eigenvalue weighted by atomic mass is 32.2. The average molecular weight is 313 g/mol. The maximum absolute atomic E-state index is 11.6. The van der Waals surface area contributed by atoms with Crippen LogP contribution in [-0.2, 0) is 21.4 Å². The first-order valence-electron chi connectivity index (χ1n) is 6.80. The van der Waals surface area contributed by atoms with Gasteiger partial charge in [-0.15, -0.1) is 0 Å². The summed E-state index contributed by atoms with van der Waals surface area (Å²) in [5.74, 6) is 0.446. The number of anilines is 1. The number of sulfonamides is 1. The third-order valence-electron chi connectivity index (χ3n) is 2.59. The van der Waals surface area contributed by atoms with Crippen molar-refractivity contribution < 1.29 is 13.2 Å². The highest BCUT2D eigenvalue weighted by Crippen LogP contribution is 2.10. The van der Waals surface area contributed by atoms with Crippen molar-refractivity contribution in [2.75, 3.05) is 24.1 Å². The third-order valence-corrected chi connectivity index (χ3v) is 3.19. The molecule has 6 nitrogen and oxygen atoms in total. The van der Waals surface area contributed by atoms with Crippen LogP contribution in [0.15, 0.2) is 24.3 Å². The molecule has 118 valence electrons. The minimum atomic E-state index is -3.26. The first-order chi connectivity index (χ1) is 9.76. The Kier molecular flexibility index (Phi) is 6.64. The van der Waals surface area contributed by atoms with Gasteiger partial charge in [-0.1, -0.05) is 26.0 Å². The monoisotopic (exact) mass is 313 g/mol. The molecule has 0 unspecified atom stereocenters. The minimum Gasteiger partial charge on any atom is -0.351 e. The van der Waals surface area contributed by atoms with E-state index in [4.69, 9.17) is 0 Å².